The van der Waals surface area contributed by atoms with Crippen LogP contribution in [-0.4, -0.2) is 4.98 Å². The first-order valence-corrected chi connectivity index (χ1v) is 11.8. The number of hydrogen-bond acceptors (Lipinski definition) is 2. The topological polar surface area (TPSA) is 22.1 Å². The zero-order chi connectivity index (χ0) is 20.9. The van der Waals surface area contributed by atoms with Crippen molar-refractivity contribution < 1.29 is 4.74 Å². The monoisotopic (exact) mass is 401 g/mol. The van der Waals surface area contributed by atoms with Crippen molar-refractivity contribution >= 4 is 10.8 Å². The van der Waals surface area contributed by atoms with Gasteiger partial charge in [-0.2, -0.15) is 0 Å². The van der Waals surface area contributed by atoms with Gasteiger partial charge in [0.25, 0.3) is 0 Å². The summed E-state index contributed by atoms with van der Waals surface area (Å²) in [7, 11) is 0. The van der Waals surface area contributed by atoms with E-state index in [1.165, 1.54) is 48.6 Å². The van der Waals surface area contributed by atoms with E-state index in [2.05, 4.69) is 74.3 Å². The van der Waals surface area contributed by atoms with Crippen molar-refractivity contribution in [3.63, 3.8) is 0 Å². The molecular formula is C28H35NO. The molecule has 0 saturated carbocycles. The van der Waals surface area contributed by atoms with Crippen molar-refractivity contribution in [1.29, 1.82) is 0 Å². The molecule has 0 saturated heterocycles. The predicted molar refractivity (Wildman–Crippen MR) is 126 cm³/mol. The minimum Gasteiger partial charge on any atom is -0.485 e. The molecule has 0 N–H and O–H groups in total. The van der Waals surface area contributed by atoms with Gasteiger partial charge in [-0.25, -0.2) is 0 Å². The second-order valence-corrected chi connectivity index (χ2v) is 8.91. The third kappa shape index (κ3) is 4.38. The number of pyridine rings is 1. The molecule has 0 spiro atoms. The Balaban J connectivity index is 1.54. The summed E-state index contributed by atoms with van der Waals surface area (Å²) in [5.41, 5.74) is 2.84. The average molecular weight is 402 g/mol. The average Bonchev–Trinajstić information content (AvgIpc) is 3.14. The number of ether oxygens (including phenoxy) is 1. The van der Waals surface area contributed by atoms with Gasteiger partial charge in [-0.3, -0.25) is 4.98 Å². The van der Waals surface area contributed by atoms with Crippen LogP contribution < -0.4 is 4.74 Å². The van der Waals surface area contributed by atoms with Crippen LogP contribution in [0.4, 0.5) is 0 Å². The lowest BCUT2D eigenvalue weighted by molar-refractivity contribution is 0.133. The second kappa shape index (κ2) is 9.64. The van der Waals surface area contributed by atoms with E-state index in [-0.39, 0.29) is 6.10 Å². The van der Waals surface area contributed by atoms with Gasteiger partial charge < -0.3 is 4.74 Å². The summed E-state index contributed by atoms with van der Waals surface area (Å²) in [6, 6.07) is 17.3. The van der Waals surface area contributed by atoms with Gasteiger partial charge in [0, 0.05) is 23.7 Å². The first kappa shape index (κ1) is 20.9. The smallest absolute Gasteiger partial charge is 0.127 e. The van der Waals surface area contributed by atoms with Gasteiger partial charge in [-0.1, -0.05) is 70.4 Å². The molecule has 0 radical (unpaired) electrons. The number of benzene rings is 2. The van der Waals surface area contributed by atoms with Gasteiger partial charge in [-0.15, -0.1) is 0 Å². The standard InChI is InChI=1S/C28H35NO/c1-4-20(5-2)21(6-3)11-12-24-17-23-9-7-8-10-27(23)28(24)30-26-14-13-22-15-16-29-19-25(22)18-26/h7-10,13-16,18-21,24,28H,4-6,11-12,17H2,1-3H3/t21-,24+,28-/m0/s1. The maximum absolute atomic E-state index is 6.67. The third-order valence-corrected chi connectivity index (χ3v) is 7.30. The van der Waals surface area contributed by atoms with Crippen LogP contribution in [-0.2, 0) is 6.42 Å². The predicted octanol–water partition coefficient (Wildman–Crippen LogP) is 7.77. The van der Waals surface area contributed by atoms with E-state index in [0.717, 1.165) is 29.4 Å². The molecule has 3 atom stereocenters. The molecule has 0 fully saturated rings. The Bertz CT molecular complexity index is 962. The van der Waals surface area contributed by atoms with Gasteiger partial charge in [0.15, 0.2) is 0 Å². The molecule has 158 valence electrons. The van der Waals surface area contributed by atoms with Crippen LogP contribution in [0.15, 0.2) is 60.9 Å². The molecular weight excluding hydrogens is 366 g/mol. The summed E-state index contributed by atoms with van der Waals surface area (Å²) in [5.74, 6) is 3.19. The van der Waals surface area contributed by atoms with Crippen LogP contribution in [0.1, 0.15) is 70.1 Å². The van der Waals surface area contributed by atoms with Crippen molar-refractivity contribution in [1.82, 2.24) is 4.98 Å². The lowest BCUT2D eigenvalue weighted by Gasteiger charge is -2.27. The summed E-state index contributed by atoms with van der Waals surface area (Å²) < 4.78 is 6.67. The fourth-order valence-electron chi connectivity index (χ4n) is 5.49. The highest BCUT2D eigenvalue weighted by molar-refractivity contribution is 5.82. The number of nitrogens with zero attached hydrogens (tertiary/aromatic N) is 1. The summed E-state index contributed by atoms with van der Waals surface area (Å²) in [5, 5.41) is 2.34. The van der Waals surface area contributed by atoms with E-state index in [1.807, 2.05) is 12.4 Å². The largest absolute Gasteiger partial charge is 0.485 e. The Morgan fingerprint density at radius 2 is 1.73 bits per heavy atom. The van der Waals surface area contributed by atoms with Gasteiger partial charge in [0.2, 0.25) is 0 Å². The van der Waals surface area contributed by atoms with Gasteiger partial charge in [-0.05, 0) is 65.8 Å². The minimum absolute atomic E-state index is 0.148. The van der Waals surface area contributed by atoms with E-state index >= 15 is 0 Å². The molecule has 4 rings (SSSR count). The first-order valence-electron chi connectivity index (χ1n) is 11.8. The fourth-order valence-corrected chi connectivity index (χ4v) is 5.49. The molecule has 1 aromatic heterocycles. The van der Waals surface area contributed by atoms with E-state index in [4.69, 9.17) is 4.74 Å². The van der Waals surface area contributed by atoms with Crippen molar-refractivity contribution in [2.45, 2.75) is 65.4 Å². The van der Waals surface area contributed by atoms with E-state index in [9.17, 15) is 0 Å². The number of fused-ring (bicyclic) bond motifs is 2. The third-order valence-electron chi connectivity index (χ3n) is 7.30. The normalized spacial score (nSPS) is 19.2. The van der Waals surface area contributed by atoms with Crippen LogP contribution >= 0.6 is 0 Å². The lowest BCUT2D eigenvalue weighted by Crippen LogP contribution is -2.18. The molecule has 0 unspecified atom stereocenters. The summed E-state index contributed by atoms with van der Waals surface area (Å²) >= 11 is 0. The molecule has 0 aliphatic heterocycles. The van der Waals surface area contributed by atoms with E-state index < -0.39 is 0 Å². The Hall–Kier alpha value is -2.35. The summed E-state index contributed by atoms with van der Waals surface area (Å²) in [6.45, 7) is 7.06. The van der Waals surface area contributed by atoms with Gasteiger partial charge in [0.05, 0.1) is 0 Å². The summed E-state index contributed by atoms with van der Waals surface area (Å²) in [6.07, 6.45) is 11.5. The Kier molecular flexibility index (Phi) is 6.72. The van der Waals surface area contributed by atoms with Crippen LogP contribution in [0.5, 0.6) is 5.75 Å². The van der Waals surface area contributed by atoms with Gasteiger partial charge >= 0.3 is 0 Å². The SMILES string of the molecule is CCC(CC)[C@@H](CC)CC[C@@H]1Cc2ccccc2[C@H]1Oc1ccc2ccncc2c1. The van der Waals surface area contributed by atoms with E-state index in [1.54, 1.807) is 0 Å². The lowest BCUT2D eigenvalue weighted by atomic mass is 9.80. The number of hydrogen-bond donors (Lipinski definition) is 0. The molecule has 2 heteroatoms. The molecule has 1 heterocycles. The van der Waals surface area contributed by atoms with Crippen molar-refractivity contribution in [3.8, 4) is 5.75 Å². The summed E-state index contributed by atoms with van der Waals surface area (Å²) in [4.78, 5) is 4.27. The Labute approximate surface area is 181 Å². The van der Waals surface area contributed by atoms with Crippen LogP contribution in [0, 0.1) is 17.8 Å². The van der Waals surface area contributed by atoms with Crippen LogP contribution in [0.3, 0.4) is 0 Å². The number of rotatable bonds is 9. The zero-order valence-electron chi connectivity index (χ0n) is 18.7. The number of aromatic nitrogens is 1. The van der Waals surface area contributed by atoms with E-state index in [0.29, 0.717) is 5.92 Å². The molecule has 30 heavy (non-hydrogen) atoms. The minimum atomic E-state index is 0.148. The first-order chi connectivity index (χ1) is 14.7. The van der Waals surface area contributed by atoms with Crippen LogP contribution in [0.25, 0.3) is 10.8 Å². The van der Waals surface area contributed by atoms with Crippen LogP contribution in [0.2, 0.25) is 0 Å². The Morgan fingerprint density at radius 1 is 0.933 bits per heavy atom. The maximum atomic E-state index is 6.67. The quantitative estimate of drug-likeness (QED) is 0.365. The second-order valence-electron chi connectivity index (χ2n) is 8.91. The fraction of sp³-hybridized carbons (Fsp3) is 0.464. The van der Waals surface area contributed by atoms with Crippen molar-refractivity contribution in [3.05, 3.63) is 72.1 Å². The molecule has 2 nitrogen and oxygen atoms in total. The molecule has 0 bridgehead atoms. The highest BCUT2D eigenvalue weighted by atomic mass is 16.5. The molecule has 1 aliphatic carbocycles. The Morgan fingerprint density at radius 3 is 2.53 bits per heavy atom. The molecule has 0 amide bonds. The molecule has 1 aliphatic rings. The highest BCUT2D eigenvalue weighted by Crippen LogP contribution is 2.43. The molecule has 3 aromatic rings. The zero-order valence-corrected chi connectivity index (χ0v) is 18.7. The van der Waals surface area contributed by atoms with Gasteiger partial charge in [0.1, 0.15) is 11.9 Å². The maximum Gasteiger partial charge on any atom is 0.127 e. The molecule has 2 aromatic carbocycles. The highest BCUT2D eigenvalue weighted by Gasteiger charge is 2.34. The van der Waals surface area contributed by atoms with Crippen molar-refractivity contribution in [2.24, 2.45) is 17.8 Å². The van der Waals surface area contributed by atoms with Crippen molar-refractivity contribution in [2.75, 3.05) is 0 Å².